The van der Waals surface area contributed by atoms with Gasteiger partial charge in [-0.2, -0.15) is 12.6 Å². The third-order valence-electron chi connectivity index (χ3n) is 7.94. The second-order valence-corrected chi connectivity index (χ2v) is 11.0. The average molecular weight is 433 g/mol. The summed E-state index contributed by atoms with van der Waals surface area (Å²) in [5.74, 6) is 3.15. The van der Waals surface area contributed by atoms with Gasteiger partial charge < -0.3 is 9.47 Å². The van der Waals surface area contributed by atoms with E-state index in [1.807, 2.05) is 24.5 Å². The summed E-state index contributed by atoms with van der Waals surface area (Å²) in [7, 11) is 0. The van der Waals surface area contributed by atoms with Crippen molar-refractivity contribution < 1.29 is 9.47 Å². The summed E-state index contributed by atoms with van der Waals surface area (Å²) in [6, 6.07) is 0. The van der Waals surface area contributed by atoms with Crippen LogP contribution in [-0.2, 0) is 9.47 Å². The van der Waals surface area contributed by atoms with Crippen LogP contribution >= 0.6 is 12.6 Å². The average Bonchev–Trinajstić information content (AvgIpc) is 2.74. The van der Waals surface area contributed by atoms with Crippen LogP contribution in [0.1, 0.15) is 85.0 Å². The van der Waals surface area contributed by atoms with E-state index in [9.17, 15) is 0 Å². The molecule has 3 fully saturated rings. The first-order valence-corrected chi connectivity index (χ1v) is 12.9. The molecule has 6 atom stereocenters. The summed E-state index contributed by atoms with van der Waals surface area (Å²) in [5, 5.41) is 0.412. The Morgan fingerprint density at radius 3 is 2.20 bits per heavy atom. The second-order valence-electron chi connectivity index (χ2n) is 10.4. The molecule has 0 heterocycles. The molecule has 30 heavy (non-hydrogen) atoms. The fourth-order valence-corrected chi connectivity index (χ4v) is 6.29. The second kappa shape index (κ2) is 11.8. The lowest BCUT2D eigenvalue weighted by Gasteiger charge is -2.43. The predicted octanol–water partition coefficient (Wildman–Crippen LogP) is 7.52. The van der Waals surface area contributed by atoms with Gasteiger partial charge in [-0.15, -0.1) is 0 Å². The molecule has 0 aromatic heterocycles. The molecule has 0 aromatic carbocycles. The van der Waals surface area contributed by atoms with Gasteiger partial charge in [0.1, 0.15) is 6.10 Å². The Morgan fingerprint density at radius 1 is 0.900 bits per heavy atom. The minimum Gasteiger partial charge on any atom is -0.498 e. The van der Waals surface area contributed by atoms with Crippen LogP contribution in [0.5, 0.6) is 0 Å². The first-order valence-electron chi connectivity index (χ1n) is 12.4. The molecule has 0 radical (unpaired) electrons. The number of thiol groups is 1. The van der Waals surface area contributed by atoms with Crippen molar-refractivity contribution in [3.05, 3.63) is 36.6 Å². The van der Waals surface area contributed by atoms with Gasteiger partial charge >= 0.3 is 0 Å². The number of rotatable bonds is 7. The minimum absolute atomic E-state index is 0.357. The number of hydrogen-bond acceptors (Lipinski definition) is 3. The molecule has 0 aromatic rings. The van der Waals surface area contributed by atoms with Gasteiger partial charge in [-0.3, -0.25) is 0 Å². The molecule has 6 unspecified atom stereocenters. The van der Waals surface area contributed by atoms with Gasteiger partial charge in [0.05, 0.1) is 18.5 Å². The van der Waals surface area contributed by atoms with E-state index in [0.29, 0.717) is 29.5 Å². The largest absolute Gasteiger partial charge is 0.498 e. The quantitative estimate of drug-likeness (QED) is 0.255. The Bertz CT molecular complexity index is 590. The molecular formula is C27H44O2S. The molecule has 0 N–H and O–H groups in total. The molecule has 0 bridgehead atoms. The van der Waals surface area contributed by atoms with E-state index in [4.69, 9.17) is 22.1 Å². The molecule has 0 aliphatic heterocycles. The van der Waals surface area contributed by atoms with Crippen molar-refractivity contribution in [1.29, 1.82) is 0 Å². The Hall–Kier alpha value is -0.670. The summed E-state index contributed by atoms with van der Waals surface area (Å²) in [6.45, 7) is 10.6. The molecule has 3 heteroatoms. The zero-order chi connectivity index (χ0) is 21.5. The standard InChI is InChI=1S/C27H44O2S/c1-5-19(2)7-6-16-28-25-14-10-22(17-21(25)4)23-11-15-26(27(30)18-23)29-24-12-8-20(3)9-13-24/h5-7,16,20-27,30H,1,8-15,17-18H2,2-4H3/b16-6+,19-7-. The first-order chi connectivity index (χ1) is 14.5. The SMILES string of the molecule is C=C/C(C)=C\C=C\OC1CCC(C2CCC(OC3CCC(C)CC3)C(S)C2)CC1C. The Labute approximate surface area is 191 Å². The highest BCUT2D eigenvalue weighted by atomic mass is 32.1. The van der Waals surface area contributed by atoms with Crippen LogP contribution < -0.4 is 0 Å². The molecule has 3 saturated carbocycles. The van der Waals surface area contributed by atoms with E-state index < -0.39 is 0 Å². The summed E-state index contributed by atoms with van der Waals surface area (Å²) in [4.78, 5) is 0. The maximum absolute atomic E-state index is 6.53. The first kappa shape index (κ1) is 24.0. The van der Waals surface area contributed by atoms with Crippen LogP contribution in [0.2, 0.25) is 0 Å². The van der Waals surface area contributed by atoms with E-state index in [0.717, 1.165) is 23.3 Å². The maximum Gasteiger partial charge on any atom is 0.100 e. The molecule has 2 nitrogen and oxygen atoms in total. The Morgan fingerprint density at radius 2 is 1.57 bits per heavy atom. The van der Waals surface area contributed by atoms with Crippen LogP contribution in [0.4, 0.5) is 0 Å². The number of hydrogen-bond donors (Lipinski definition) is 1. The fourth-order valence-electron chi connectivity index (χ4n) is 5.80. The third kappa shape index (κ3) is 6.92. The van der Waals surface area contributed by atoms with Crippen LogP contribution in [0, 0.1) is 23.7 Å². The Kier molecular flexibility index (Phi) is 9.44. The van der Waals surface area contributed by atoms with Gasteiger partial charge in [-0.05, 0) is 101 Å². The monoisotopic (exact) mass is 432 g/mol. The molecule has 3 rings (SSSR count). The maximum atomic E-state index is 6.53. The molecule has 3 aliphatic rings. The van der Waals surface area contributed by atoms with Gasteiger partial charge in [0.25, 0.3) is 0 Å². The van der Waals surface area contributed by atoms with E-state index in [1.54, 1.807) is 0 Å². The van der Waals surface area contributed by atoms with Gasteiger partial charge in [-0.1, -0.05) is 38.2 Å². The van der Waals surface area contributed by atoms with Crippen molar-refractivity contribution in [2.75, 3.05) is 0 Å². The summed E-state index contributed by atoms with van der Waals surface area (Å²) in [6.07, 6.45) is 21.7. The minimum atomic E-state index is 0.357. The topological polar surface area (TPSA) is 18.5 Å². The number of allylic oxidation sites excluding steroid dienone is 4. The molecular weight excluding hydrogens is 388 g/mol. The lowest BCUT2D eigenvalue weighted by atomic mass is 9.69. The van der Waals surface area contributed by atoms with E-state index >= 15 is 0 Å². The summed E-state index contributed by atoms with van der Waals surface area (Å²) >= 11 is 5.00. The van der Waals surface area contributed by atoms with Crippen LogP contribution in [0.25, 0.3) is 0 Å². The van der Waals surface area contributed by atoms with E-state index in [1.165, 1.54) is 64.2 Å². The van der Waals surface area contributed by atoms with Crippen molar-refractivity contribution in [2.45, 2.75) is 109 Å². The van der Waals surface area contributed by atoms with Crippen LogP contribution in [0.15, 0.2) is 36.6 Å². The molecule has 0 amide bonds. The van der Waals surface area contributed by atoms with Crippen molar-refractivity contribution in [3.63, 3.8) is 0 Å². The highest BCUT2D eigenvalue weighted by Crippen LogP contribution is 2.43. The van der Waals surface area contributed by atoms with Gasteiger partial charge in [-0.25, -0.2) is 0 Å². The lowest BCUT2D eigenvalue weighted by Crippen LogP contribution is -2.40. The molecule has 0 saturated heterocycles. The van der Waals surface area contributed by atoms with Crippen molar-refractivity contribution in [2.24, 2.45) is 23.7 Å². The zero-order valence-corrected chi connectivity index (χ0v) is 20.4. The highest BCUT2D eigenvalue weighted by molar-refractivity contribution is 7.81. The van der Waals surface area contributed by atoms with Gasteiger partial charge in [0.2, 0.25) is 0 Å². The van der Waals surface area contributed by atoms with Crippen molar-refractivity contribution in [1.82, 2.24) is 0 Å². The van der Waals surface area contributed by atoms with Crippen molar-refractivity contribution in [3.8, 4) is 0 Å². The van der Waals surface area contributed by atoms with Gasteiger partial charge in [0.15, 0.2) is 0 Å². The summed E-state index contributed by atoms with van der Waals surface area (Å²) < 4.78 is 12.6. The molecule has 170 valence electrons. The third-order valence-corrected chi connectivity index (χ3v) is 8.48. The number of ether oxygens (including phenoxy) is 2. The Balaban J connectivity index is 1.41. The zero-order valence-electron chi connectivity index (χ0n) is 19.5. The van der Waals surface area contributed by atoms with Crippen LogP contribution in [0.3, 0.4) is 0 Å². The van der Waals surface area contributed by atoms with E-state index in [2.05, 4.69) is 27.4 Å². The molecule has 0 spiro atoms. The van der Waals surface area contributed by atoms with E-state index in [-0.39, 0.29) is 0 Å². The highest BCUT2D eigenvalue weighted by Gasteiger charge is 2.38. The predicted molar refractivity (Wildman–Crippen MR) is 131 cm³/mol. The molecule has 3 aliphatic carbocycles. The summed E-state index contributed by atoms with van der Waals surface area (Å²) in [5.41, 5.74) is 1.16. The van der Waals surface area contributed by atoms with Gasteiger partial charge in [0, 0.05) is 5.25 Å². The van der Waals surface area contributed by atoms with Crippen molar-refractivity contribution >= 4 is 12.6 Å². The smallest absolute Gasteiger partial charge is 0.100 e. The van der Waals surface area contributed by atoms with Crippen LogP contribution in [-0.4, -0.2) is 23.6 Å². The normalized spacial score (nSPS) is 41.0. The lowest BCUT2D eigenvalue weighted by molar-refractivity contribution is -0.0588. The fraction of sp³-hybridized carbons (Fsp3) is 0.778.